The largest absolute Gasteiger partial charge is 0.393 e. The van der Waals surface area contributed by atoms with Crippen LogP contribution in [0.2, 0.25) is 5.02 Å². The minimum Gasteiger partial charge on any atom is -0.393 e. The SMILES string of the molecule is CC(O)CCC1CCN(c2ccc(Cl)cc2)C1. The van der Waals surface area contributed by atoms with Crippen LogP contribution in [0.4, 0.5) is 5.69 Å². The number of aliphatic hydroxyl groups is 1. The second-order valence-corrected chi connectivity index (χ2v) is 5.44. The monoisotopic (exact) mass is 253 g/mol. The van der Waals surface area contributed by atoms with E-state index in [4.69, 9.17) is 11.6 Å². The first-order valence-corrected chi connectivity index (χ1v) is 6.71. The van der Waals surface area contributed by atoms with Gasteiger partial charge in [0.05, 0.1) is 6.10 Å². The zero-order chi connectivity index (χ0) is 12.3. The molecule has 1 saturated heterocycles. The Labute approximate surface area is 108 Å². The summed E-state index contributed by atoms with van der Waals surface area (Å²) in [6, 6.07) is 8.05. The van der Waals surface area contributed by atoms with Crippen LogP contribution in [-0.4, -0.2) is 24.3 Å². The Kier molecular flexibility index (Phi) is 4.30. The molecule has 0 saturated carbocycles. The Morgan fingerprint density at radius 3 is 2.76 bits per heavy atom. The molecule has 1 aliphatic rings. The summed E-state index contributed by atoms with van der Waals surface area (Å²) in [6.45, 7) is 4.09. The van der Waals surface area contributed by atoms with Crippen molar-refractivity contribution < 1.29 is 5.11 Å². The highest BCUT2D eigenvalue weighted by Gasteiger charge is 2.22. The topological polar surface area (TPSA) is 23.5 Å². The molecule has 1 aliphatic heterocycles. The van der Waals surface area contributed by atoms with Crippen molar-refractivity contribution in [3.8, 4) is 0 Å². The summed E-state index contributed by atoms with van der Waals surface area (Å²) in [6.07, 6.45) is 3.11. The molecule has 0 amide bonds. The average molecular weight is 254 g/mol. The van der Waals surface area contributed by atoms with Crippen LogP contribution in [0.5, 0.6) is 0 Å². The first kappa shape index (κ1) is 12.7. The molecule has 2 nitrogen and oxygen atoms in total. The van der Waals surface area contributed by atoms with Gasteiger partial charge in [0.25, 0.3) is 0 Å². The van der Waals surface area contributed by atoms with Gasteiger partial charge in [0.15, 0.2) is 0 Å². The summed E-state index contributed by atoms with van der Waals surface area (Å²) in [4.78, 5) is 2.41. The molecule has 2 unspecified atom stereocenters. The van der Waals surface area contributed by atoms with Crippen molar-refractivity contribution in [2.75, 3.05) is 18.0 Å². The molecule has 0 radical (unpaired) electrons. The predicted molar refractivity (Wildman–Crippen MR) is 72.7 cm³/mol. The van der Waals surface area contributed by atoms with E-state index in [9.17, 15) is 5.11 Å². The summed E-state index contributed by atoms with van der Waals surface area (Å²) in [5.74, 6) is 0.722. The van der Waals surface area contributed by atoms with E-state index in [2.05, 4.69) is 17.0 Å². The molecule has 17 heavy (non-hydrogen) atoms. The molecule has 1 aromatic carbocycles. The molecule has 0 bridgehead atoms. The van der Waals surface area contributed by atoms with Gasteiger partial charge in [0.2, 0.25) is 0 Å². The van der Waals surface area contributed by atoms with Gasteiger partial charge in [-0.15, -0.1) is 0 Å². The zero-order valence-electron chi connectivity index (χ0n) is 10.3. The smallest absolute Gasteiger partial charge is 0.0512 e. The van der Waals surface area contributed by atoms with E-state index in [-0.39, 0.29) is 6.10 Å². The van der Waals surface area contributed by atoms with Crippen molar-refractivity contribution in [3.63, 3.8) is 0 Å². The van der Waals surface area contributed by atoms with Crippen LogP contribution in [0.25, 0.3) is 0 Å². The lowest BCUT2D eigenvalue weighted by atomic mass is 10.0. The number of aliphatic hydroxyl groups excluding tert-OH is 1. The molecule has 1 N–H and O–H groups in total. The fourth-order valence-corrected chi connectivity index (χ4v) is 2.56. The summed E-state index contributed by atoms with van der Waals surface area (Å²) >= 11 is 5.89. The van der Waals surface area contributed by atoms with E-state index in [0.717, 1.165) is 36.9 Å². The Hall–Kier alpha value is -0.730. The molecule has 1 fully saturated rings. The number of halogens is 1. The van der Waals surface area contributed by atoms with Gasteiger partial charge in [-0.3, -0.25) is 0 Å². The van der Waals surface area contributed by atoms with E-state index < -0.39 is 0 Å². The maximum atomic E-state index is 9.30. The zero-order valence-corrected chi connectivity index (χ0v) is 11.0. The maximum Gasteiger partial charge on any atom is 0.0512 e. The van der Waals surface area contributed by atoms with Crippen LogP contribution in [0.3, 0.4) is 0 Å². The molecular weight excluding hydrogens is 234 g/mol. The highest BCUT2D eigenvalue weighted by atomic mass is 35.5. The number of hydrogen-bond donors (Lipinski definition) is 1. The maximum absolute atomic E-state index is 9.30. The molecular formula is C14H20ClNO. The second-order valence-electron chi connectivity index (χ2n) is 5.00. The minimum atomic E-state index is -0.167. The second kappa shape index (κ2) is 5.74. The van der Waals surface area contributed by atoms with Crippen LogP contribution in [0.1, 0.15) is 26.2 Å². The number of rotatable bonds is 4. The molecule has 0 aliphatic carbocycles. The van der Waals surface area contributed by atoms with Gasteiger partial charge in [-0.05, 0) is 56.4 Å². The van der Waals surface area contributed by atoms with Gasteiger partial charge in [0.1, 0.15) is 0 Å². The van der Waals surface area contributed by atoms with Crippen molar-refractivity contribution >= 4 is 17.3 Å². The Morgan fingerprint density at radius 1 is 1.41 bits per heavy atom. The van der Waals surface area contributed by atoms with Crippen molar-refractivity contribution in [2.45, 2.75) is 32.3 Å². The van der Waals surface area contributed by atoms with Gasteiger partial charge in [0, 0.05) is 23.8 Å². The van der Waals surface area contributed by atoms with Crippen molar-refractivity contribution in [2.24, 2.45) is 5.92 Å². The minimum absolute atomic E-state index is 0.167. The summed E-state index contributed by atoms with van der Waals surface area (Å²) in [5.41, 5.74) is 1.26. The lowest BCUT2D eigenvalue weighted by molar-refractivity contribution is 0.175. The Bertz CT molecular complexity index is 350. The van der Waals surface area contributed by atoms with E-state index in [1.165, 1.54) is 12.1 Å². The molecule has 1 aromatic rings. The van der Waals surface area contributed by atoms with Gasteiger partial charge in [-0.2, -0.15) is 0 Å². The molecule has 94 valence electrons. The fraction of sp³-hybridized carbons (Fsp3) is 0.571. The predicted octanol–water partition coefficient (Wildman–Crippen LogP) is 3.33. The Morgan fingerprint density at radius 2 is 2.12 bits per heavy atom. The van der Waals surface area contributed by atoms with Crippen LogP contribution < -0.4 is 4.90 Å². The fourth-order valence-electron chi connectivity index (χ4n) is 2.43. The van der Waals surface area contributed by atoms with Gasteiger partial charge in [-0.1, -0.05) is 11.6 Å². The molecule has 0 aromatic heterocycles. The standard InChI is InChI=1S/C14H20ClNO/c1-11(17)2-3-12-8-9-16(10-12)14-6-4-13(15)5-7-14/h4-7,11-12,17H,2-3,8-10H2,1H3. The highest BCUT2D eigenvalue weighted by Crippen LogP contribution is 2.27. The van der Waals surface area contributed by atoms with Crippen molar-refractivity contribution in [1.82, 2.24) is 0 Å². The van der Waals surface area contributed by atoms with Gasteiger partial charge in [-0.25, -0.2) is 0 Å². The van der Waals surface area contributed by atoms with E-state index in [1.807, 2.05) is 19.1 Å². The molecule has 2 rings (SSSR count). The van der Waals surface area contributed by atoms with E-state index in [0.29, 0.717) is 0 Å². The van der Waals surface area contributed by atoms with Gasteiger partial charge < -0.3 is 10.0 Å². The Balaban J connectivity index is 1.87. The van der Waals surface area contributed by atoms with E-state index in [1.54, 1.807) is 0 Å². The summed E-state index contributed by atoms with van der Waals surface area (Å²) < 4.78 is 0. The molecule has 1 heterocycles. The van der Waals surface area contributed by atoms with Crippen LogP contribution in [0, 0.1) is 5.92 Å². The number of hydrogen-bond acceptors (Lipinski definition) is 2. The third-order valence-corrected chi connectivity index (χ3v) is 3.72. The normalized spacial score (nSPS) is 21.8. The third kappa shape index (κ3) is 3.62. The first-order valence-electron chi connectivity index (χ1n) is 6.33. The van der Waals surface area contributed by atoms with Crippen LogP contribution in [0.15, 0.2) is 24.3 Å². The third-order valence-electron chi connectivity index (χ3n) is 3.47. The highest BCUT2D eigenvalue weighted by molar-refractivity contribution is 6.30. The van der Waals surface area contributed by atoms with Crippen LogP contribution >= 0.6 is 11.6 Å². The van der Waals surface area contributed by atoms with E-state index >= 15 is 0 Å². The quantitative estimate of drug-likeness (QED) is 0.890. The summed E-state index contributed by atoms with van der Waals surface area (Å²) in [7, 11) is 0. The lowest BCUT2D eigenvalue weighted by Crippen LogP contribution is -2.19. The van der Waals surface area contributed by atoms with Crippen LogP contribution in [-0.2, 0) is 0 Å². The molecule has 2 atom stereocenters. The van der Waals surface area contributed by atoms with Gasteiger partial charge >= 0.3 is 0 Å². The molecule has 0 spiro atoms. The average Bonchev–Trinajstić information content (AvgIpc) is 2.76. The molecule has 3 heteroatoms. The first-order chi connectivity index (χ1) is 8.15. The lowest BCUT2D eigenvalue weighted by Gasteiger charge is -2.19. The van der Waals surface area contributed by atoms with Crippen molar-refractivity contribution in [1.29, 1.82) is 0 Å². The number of nitrogens with zero attached hydrogens (tertiary/aromatic N) is 1. The number of benzene rings is 1. The summed E-state index contributed by atoms with van der Waals surface area (Å²) in [5, 5.41) is 10.1. The number of anilines is 1. The van der Waals surface area contributed by atoms with Crippen molar-refractivity contribution in [3.05, 3.63) is 29.3 Å².